The summed E-state index contributed by atoms with van der Waals surface area (Å²) in [4.78, 5) is 12.2. The van der Waals surface area contributed by atoms with Crippen molar-refractivity contribution in [1.82, 2.24) is 5.32 Å². The molecule has 2 rings (SSSR count). The molecule has 2 nitrogen and oxygen atoms in total. The zero-order valence-electron chi connectivity index (χ0n) is 10.5. The van der Waals surface area contributed by atoms with Gasteiger partial charge in [0.05, 0.1) is 6.04 Å². The van der Waals surface area contributed by atoms with Crippen LogP contribution in [-0.2, 0) is 11.2 Å². The standard InChI is InChI=1S/C15H21NO/c1-12-7-4-5-8-13(12)11-15(17)14-9-3-2-6-10-16-14/h4-5,7-8,14,16H,2-3,6,9-11H2,1H3. The summed E-state index contributed by atoms with van der Waals surface area (Å²) >= 11 is 0. The van der Waals surface area contributed by atoms with Gasteiger partial charge in [0.25, 0.3) is 0 Å². The third kappa shape index (κ3) is 3.40. The third-order valence-electron chi connectivity index (χ3n) is 3.57. The molecule has 1 heterocycles. The van der Waals surface area contributed by atoms with Gasteiger partial charge in [-0.25, -0.2) is 0 Å². The van der Waals surface area contributed by atoms with Gasteiger partial charge >= 0.3 is 0 Å². The van der Waals surface area contributed by atoms with Gasteiger partial charge in [-0.15, -0.1) is 0 Å². The molecule has 1 atom stereocenters. The molecular weight excluding hydrogens is 210 g/mol. The Balaban J connectivity index is 1.98. The lowest BCUT2D eigenvalue weighted by molar-refractivity contribution is -0.120. The molecule has 1 aromatic carbocycles. The van der Waals surface area contributed by atoms with Gasteiger partial charge in [0.1, 0.15) is 0 Å². The molecule has 0 bridgehead atoms. The van der Waals surface area contributed by atoms with Gasteiger partial charge in [0.15, 0.2) is 5.78 Å². The predicted octanol–water partition coefficient (Wildman–Crippen LogP) is 2.64. The van der Waals surface area contributed by atoms with E-state index in [2.05, 4.69) is 24.4 Å². The molecule has 1 saturated heterocycles. The monoisotopic (exact) mass is 231 g/mol. The SMILES string of the molecule is Cc1ccccc1CC(=O)C1CCCCCN1. The highest BCUT2D eigenvalue weighted by Gasteiger charge is 2.19. The van der Waals surface area contributed by atoms with Gasteiger partial charge in [-0.1, -0.05) is 37.1 Å². The number of ketones is 1. The first-order valence-corrected chi connectivity index (χ1v) is 6.58. The summed E-state index contributed by atoms with van der Waals surface area (Å²) in [5.74, 6) is 0.348. The van der Waals surface area contributed by atoms with Crippen molar-refractivity contribution in [3.63, 3.8) is 0 Å². The van der Waals surface area contributed by atoms with Crippen molar-refractivity contribution in [2.75, 3.05) is 6.54 Å². The van der Waals surface area contributed by atoms with Crippen molar-refractivity contribution in [1.29, 1.82) is 0 Å². The van der Waals surface area contributed by atoms with E-state index in [0.717, 1.165) is 13.0 Å². The molecule has 1 aliphatic heterocycles. The van der Waals surface area contributed by atoms with Crippen molar-refractivity contribution >= 4 is 5.78 Å². The molecule has 0 saturated carbocycles. The number of carbonyl (C=O) groups excluding carboxylic acids is 1. The van der Waals surface area contributed by atoms with E-state index < -0.39 is 0 Å². The molecule has 92 valence electrons. The summed E-state index contributed by atoms with van der Waals surface area (Å²) in [6.07, 6.45) is 5.21. The maximum Gasteiger partial charge on any atom is 0.154 e. The Morgan fingerprint density at radius 1 is 1.29 bits per heavy atom. The van der Waals surface area contributed by atoms with Gasteiger partial charge in [0, 0.05) is 6.42 Å². The minimum atomic E-state index is 0.0807. The Morgan fingerprint density at radius 3 is 2.94 bits per heavy atom. The number of Topliss-reactive ketones (excluding diaryl/α,β-unsaturated/α-hetero) is 1. The minimum absolute atomic E-state index is 0.0807. The third-order valence-corrected chi connectivity index (χ3v) is 3.57. The number of rotatable bonds is 3. The Bertz CT molecular complexity index is 378. The lowest BCUT2D eigenvalue weighted by atomic mass is 9.98. The zero-order chi connectivity index (χ0) is 12.1. The lowest BCUT2D eigenvalue weighted by Crippen LogP contribution is -2.37. The van der Waals surface area contributed by atoms with Crippen LogP contribution in [0.1, 0.15) is 36.8 Å². The van der Waals surface area contributed by atoms with Crippen molar-refractivity contribution < 1.29 is 4.79 Å². The van der Waals surface area contributed by atoms with Gasteiger partial charge in [-0.3, -0.25) is 4.79 Å². The summed E-state index contributed by atoms with van der Waals surface area (Å²) in [7, 11) is 0. The van der Waals surface area contributed by atoms with E-state index in [1.54, 1.807) is 0 Å². The molecular formula is C15H21NO. The Hall–Kier alpha value is -1.15. The van der Waals surface area contributed by atoms with Crippen LogP contribution in [-0.4, -0.2) is 18.4 Å². The predicted molar refractivity (Wildman–Crippen MR) is 70.1 cm³/mol. The number of benzene rings is 1. The summed E-state index contributed by atoms with van der Waals surface area (Å²) in [5.41, 5.74) is 2.39. The first kappa shape index (κ1) is 12.3. The molecule has 0 aromatic heterocycles. The van der Waals surface area contributed by atoms with Crippen molar-refractivity contribution in [2.24, 2.45) is 0 Å². The molecule has 1 fully saturated rings. The maximum atomic E-state index is 12.2. The Morgan fingerprint density at radius 2 is 2.12 bits per heavy atom. The van der Waals surface area contributed by atoms with E-state index in [0.29, 0.717) is 12.2 Å². The number of aryl methyl sites for hydroxylation is 1. The average Bonchev–Trinajstić information content (AvgIpc) is 2.61. The normalized spacial score (nSPS) is 20.9. The summed E-state index contributed by atoms with van der Waals surface area (Å²) in [6.45, 7) is 3.06. The fraction of sp³-hybridized carbons (Fsp3) is 0.533. The van der Waals surface area contributed by atoms with Crippen LogP contribution in [0, 0.1) is 6.92 Å². The molecule has 0 amide bonds. The van der Waals surface area contributed by atoms with Gasteiger partial charge < -0.3 is 5.32 Å². The second-order valence-electron chi connectivity index (χ2n) is 4.93. The topological polar surface area (TPSA) is 29.1 Å². The van der Waals surface area contributed by atoms with Gasteiger partial charge in [-0.05, 0) is 37.4 Å². The average molecular weight is 231 g/mol. The largest absolute Gasteiger partial charge is 0.307 e. The summed E-state index contributed by atoms with van der Waals surface area (Å²) in [6, 6.07) is 8.24. The van der Waals surface area contributed by atoms with Crippen LogP contribution >= 0.6 is 0 Å². The Kier molecular flexibility index (Phi) is 4.32. The highest BCUT2D eigenvalue weighted by Crippen LogP contribution is 2.13. The fourth-order valence-electron chi connectivity index (χ4n) is 2.42. The van der Waals surface area contributed by atoms with E-state index in [1.165, 1.54) is 30.4 Å². The molecule has 1 N–H and O–H groups in total. The zero-order valence-corrected chi connectivity index (χ0v) is 10.5. The molecule has 0 spiro atoms. The van der Waals surface area contributed by atoms with E-state index in [4.69, 9.17) is 0 Å². The van der Waals surface area contributed by atoms with Crippen LogP contribution in [0.25, 0.3) is 0 Å². The number of hydrogen-bond acceptors (Lipinski definition) is 2. The van der Waals surface area contributed by atoms with E-state index in [1.807, 2.05) is 12.1 Å². The molecule has 1 unspecified atom stereocenters. The highest BCUT2D eigenvalue weighted by atomic mass is 16.1. The van der Waals surface area contributed by atoms with E-state index in [9.17, 15) is 4.79 Å². The van der Waals surface area contributed by atoms with E-state index >= 15 is 0 Å². The Labute approximate surface area is 103 Å². The number of carbonyl (C=O) groups is 1. The van der Waals surface area contributed by atoms with Crippen LogP contribution in [0.4, 0.5) is 0 Å². The minimum Gasteiger partial charge on any atom is -0.307 e. The number of nitrogens with one attached hydrogen (secondary N) is 1. The van der Waals surface area contributed by atoms with E-state index in [-0.39, 0.29) is 6.04 Å². The molecule has 0 aliphatic carbocycles. The van der Waals surface area contributed by atoms with Gasteiger partial charge in [-0.2, -0.15) is 0 Å². The van der Waals surface area contributed by atoms with Crippen molar-refractivity contribution in [2.45, 2.75) is 45.1 Å². The number of hydrogen-bond donors (Lipinski definition) is 1. The maximum absolute atomic E-state index is 12.2. The first-order valence-electron chi connectivity index (χ1n) is 6.58. The second kappa shape index (κ2) is 5.97. The molecule has 1 aromatic rings. The van der Waals surface area contributed by atoms with Crippen LogP contribution in [0.2, 0.25) is 0 Å². The highest BCUT2D eigenvalue weighted by molar-refractivity contribution is 5.86. The summed E-state index contributed by atoms with van der Waals surface area (Å²) < 4.78 is 0. The lowest BCUT2D eigenvalue weighted by Gasteiger charge is -2.15. The summed E-state index contributed by atoms with van der Waals surface area (Å²) in [5, 5.41) is 3.37. The van der Waals surface area contributed by atoms with Gasteiger partial charge in [0.2, 0.25) is 0 Å². The molecule has 0 radical (unpaired) electrons. The van der Waals surface area contributed by atoms with Crippen LogP contribution < -0.4 is 5.32 Å². The quantitative estimate of drug-likeness (QED) is 0.866. The molecule has 1 aliphatic rings. The second-order valence-corrected chi connectivity index (χ2v) is 4.93. The van der Waals surface area contributed by atoms with Crippen molar-refractivity contribution in [3.05, 3.63) is 35.4 Å². The smallest absolute Gasteiger partial charge is 0.154 e. The van der Waals surface area contributed by atoms with Crippen LogP contribution in [0.3, 0.4) is 0 Å². The van der Waals surface area contributed by atoms with Crippen LogP contribution in [0.5, 0.6) is 0 Å². The molecule has 2 heteroatoms. The van der Waals surface area contributed by atoms with Crippen LogP contribution in [0.15, 0.2) is 24.3 Å². The first-order chi connectivity index (χ1) is 8.27. The molecule has 17 heavy (non-hydrogen) atoms. The van der Waals surface area contributed by atoms with Crippen molar-refractivity contribution in [3.8, 4) is 0 Å². The fourth-order valence-corrected chi connectivity index (χ4v) is 2.42.